The number of phenolic OH excluding ortho intramolecular Hbond substituents is 1. The summed E-state index contributed by atoms with van der Waals surface area (Å²) in [7, 11) is 0. The second-order valence-corrected chi connectivity index (χ2v) is 4.73. The van der Waals surface area contributed by atoms with E-state index in [2.05, 4.69) is 5.32 Å². The van der Waals surface area contributed by atoms with Crippen molar-refractivity contribution >= 4 is 17.6 Å². The summed E-state index contributed by atoms with van der Waals surface area (Å²) in [5, 5.41) is 21.3. The van der Waals surface area contributed by atoms with Gasteiger partial charge in [0, 0.05) is 12.3 Å². The zero-order chi connectivity index (χ0) is 13.3. The van der Waals surface area contributed by atoms with E-state index in [1.165, 1.54) is 13.0 Å². The van der Waals surface area contributed by atoms with Gasteiger partial charge < -0.3 is 15.5 Å². The van der Waals surface area contributed by atoms with Crippen LogP contribution >= 0.6 is 0 Å². The second kappa shape index (κ2) is 4.33. The average Bonchev–Trinajstić information content (AvgIpc) is 3.00. The Balaban J connectivity index is 2.41. The Labute approximate surface area is 104 Å². The Morgan fingerprint density at radius 2 is 2.06 bits per heavy atom. The number of anilines is 1. The molecule has 1 aliphatic carbocycles. The van der Waals surface area contributed by atoms with Gasteiger partial charge in [0.25, 0.3) is 0 Å². The predicted octanol–water partition coefficient (Wildman–Crippen LogP) is 1.86. The summed E-state index contributed by atoms with van der Waals surface area (Å²) in [6.45, 7) is 1.35. The van der Waals surface area contributed by atoms with Crippen LogP contribution in [0.15, 0.2) is 18.2 Å². The maximum absolute atomic E-state index is 11.1. The number of rotatable bonds is 4. The molecule has 0 atom stereocenters. The van der Waals surface area contributed by atoms with Crippen LogP contribution < -0.4 is 5.32 Å². The second-order valence-electron chi connectivity index (χ2n) is 4.73. The zero-order valence-electron chi connectivity index (χ0n) is 10.1. The maximum atomic E-state index is 11.1. The molecule has 2 rings (SSSR count). The van der Waals surface area contributed by atoms with Crippen molar-refractivity contribution in [2.24, 2.45) is 0 Å². The van der Waals surface area contributed by atoms with Gasteiger partial charge in [-0.1, -0.05) is 12.1 Å². The number of carboxylic acid groups (broad SMARTS) is 1. The zero-order valence-corrected chi connectivity index (χ0v) is 10.1. The Bertz CT molecular complexity index is 506. The smallest absolute Gasteiger partial charge is 0.304 e. The van der Waals surface area contributed by atoms with Gasteiger partial charge in [0.2, 0.25) is 5.91 Å². The number of carboxylic acids is 1. The van der Waals surface area contributed by atoms with Gasteiger partial charge in [0.1, 0.15) is 5.75 Å². The number of amides is 1. The molecule has 0 spiro atoms. The normalized spacial score (nSPS) is 16.1. The molecule has 1 saturated carbocycles. The highest BCUT2D eigenvalue weighted by Gasteiger charge is 2.47. The van der Waals surface area contributed by atoms with Gasteiger partial charge in [-0.25, -0.2) is 0 Å². The van der Waals surface area contributed by atoms with Crippen LogP contribution in [0, 0.1) is 0 Å². The molecule has 1 amide bonds. The monoisotopic (exact) mass is 249 g/mol. The van der Waals surface area contributed by atoms with Gasteiger partial charge in [0.05, 0.1) is 12.1 Å². The number of carbonyl (C=O) groups is 2. The van der Waals surface area contributed by atoms with Gasteiger partial charge in [-0.05, 0) is 24.5 Å². The van der Waals surface area contributed by atoms with Crippen molar-refractivity contribution in [2.45, 2.75) is 31.6 Å². The molecule has 0 heterocycles. The molecule has 0 unspecified atom stereocenters. The van der Waals surface area contributed by atoms with Gasteiger partial charge >= 0.3 is 5.97 Å². The molecule has 0 radical (unpaired) electrons. The standard InChI is InChI=1S/C13H15NO4/c1-8(15)14-12-9(3-2-4-10(12)16)13(5-6-13)7-11(17)18/h2-4,16H,5-7H2,1H3,(H,14,15)(H,17,18). The fourth-order valence-electron chi connectivity index (χ4n) is 2.27. The lowest BCUT2D eigenvalue weighted by Gasteiger charge is -2.18. The fourth-order valence-corrected chi connectivity index (χ4v) is 2.27. The Hall–Kier alpha value is -2.04. The van der Waals surface area contributed by atoms with E-state index in [4.69, 9.17) is 5.11 Å². The largest absolute Gasteiger partial charge is 0.506 e. The average molecular weight is 249 g/mol. The SMILES string of the molecule is CC(=O)Nc1c(O)cccc1C1(CC(=O)O)CC1. The number of hydrogen-bond donors (Lipinski definition) is 3. The van der Waals surface area contributed by atoms with Crippen molar-refractivity contribution in [1.29, 1.82) is 0 Å². The lowest BCUT2D eigenvalue weighted by atomic mass is 9.90. The van der Waals surface area contributed by atoms with E-state index in [-0.39, 0.29) is 18.1 Å². The number of carbonyl (C=O) groups excluding carboxylic acids is 1. The Morgan fingerprint density at radius 3 is 2.56 bits per heavy atom. The van der Waals surface area contributed by atoms with Crippen molar-refractivity contribution in [1.82, 2.24) is 0 Å². The quantitative estimate of drug-likeness (QED) is 0.711. The van der Waals surface area contributed by atoms with Crippen molar-refractivity contribution < 1.29 is 19.8 Å². The summed E-state index contributed by atoms with van der Waals surface area (Å²) in [6, 6.07) is 4.91. The Morgan fingerprint density at radius 1 is 1.39 bits per heavy atom. The van der Waals surface area contributed by atoms with Crippen LogP contribution in [0.25, 0.3) is 0 Å². The molecule has 1 aliphatic rings. The number of nitrogens with one attached hydrogen (secondary N) is 1. The van der Waals surface area contributed by atoms with E-state index >= 15 is 0 Å². The van der Waals surface area contributed by atoms with Crippen molar-refractivity contribution in [3.8, 4) is 5.75 Å². The Kier molecular flexibility index (Phi) is 2.98. The van der Waals surface area contributed by atoms with Crippen LogP contribution in [0.2, 0.25) is 0 Å². The van der Waals surface area contributed by atoms with Crippen molar-refractivity contribution in [3.63, 3.8) is 0 Å². The van der Waals surface area contributed by atoms with Crippen LogP contribution in [0.4, 0.5) is 5.69 Å². The van der Waals surface area contributed by atoms with Crippen molar-refractivity contribution in [3.05, 3.63) is 23.8 Å². The summed E-state index contributed by atoms with van der Waals surface area (Å²) < 4.78 is 0. The van der Waals surface area contributed by atoms with E-state index in [1.54, 1.807) is 12.1 Å². The van der Waals surface area contributed by atoms with E-state index in [0.29, 0.717) is 11.3 Å². The van der Waals surface area contributed by atoms with Gasteiger partial charge in [-0.15, -0.1) is 0 Å². The maximum Gasteiger partial charge on any atom is 0.304 e. The van der Waals surface area contributed by atoms with Crippen LogP contribution in [0.5, 0.6) is 5.75 Å². The molecule has 0 aliphatic heterocycles. The minimum atomic E-state index is -0.871. The molecule has 0 saturated heterocycles. The number of hydrogen-bond acceptors (Lipinski definition) is 3. The topological polar surface area (TPSA) is 86.6 Å². The van der Waals surface area contributed by atoms with E-state index in [9.17, 15) is 14.7 Å². The van der Waals surface area contributed by atoms with Crippen LogP contribution in [0.1, 0.15) is 31.7 Å². The molecule has 5 nitrogen and oxygen atoms in total. The third kappa shape index (κ3) is 2.30. The van der Waals surface area contributed by atoms with Gasteiger partial charge in [-0.2, -0.15) is 0 Å². The first kappa shape index (κ1) is 12.4. The summed E-state index contributed by atoms with van der Waals surface area (Å²) >= 11 is 0. The number of aromatic hydroxyl groups is 1. The van der Waals surface area contributed by atoms with Crippen LogP contribution in [-0.2, 0) is 15.0 Å². The first-order valence-corrected chi connectivity index (χ1v) is 5.76. The van der Waals surface area contributed by atoms with E-state index in [0.717, 1.165) is 12.8 Å². The van der Waals surface area contributed by atoms with Crippen molar-refractivity contribution in [2.75, 3.05) is 5.32 Å². The third-order valence-corrected chi connectivity index (χ3v) is 3.26. The molecule has 1 aromatic rings. The summed E-state index contributed by atoms with van der Waals surface area (Å²) in [6.07, 6.45) is 1.54. The lowest BCUT2D eigenvalue weighted by Crippen LogP contribution is -2.17. The predicted molar refractivity (Wildman–Crippen MR) is 65.6 cm³/mol. The number of aliphatic carboxylic acids is 1. The molecule has 1 aromatic carbocycles. The van der Waals surface area contributed by atoms with Crippen LogP contribution in [0.3, 0.4) is 0 Å². The molecular formula is C13H15NO4. The van der Waals surface area contributed by atoms with E-state index < -0.39 is 11.4 Å². The minimum absolute atomic E-state index is 0.0169. The molecule has 0 bridgehead atoms. The summed E-state index contributed by atoms with van der Waals surface area (Å²) in [4.78, 5) is 22.0. The molecule has 5 heteroatoms. The number of benzene rings is 1. The first-order chi connectivity index (χ1) is 8.44. The summed E-state index contributed by atoms with van der Waals surface area (Å²) in [5.74, 6) is -1.19. The highest BCUT2D eigenvalue weighted by atomic mass is 16.4. The number of phenols is 1. The van der Waals surface area contributed by atoms with Gasteiger partial charge in [0.15, 0.2) is 0 Å². The molecule has 0 aromatic heterocycles. The molecular weight excluding hydrogens is 234 g/mol. The summed E-state index contributed by atoms with van der Waals surface area (Å²) in [5.41, 5.74) is 0.603. The molecule has 3 N–H and O–H groups in total. The lowest BCUT2D eigenvalue weighted by molar-refractivity contribution is -0.137. The van der Waals surface area contributed by atoms with Gasteiger partial charge in [-0.3, -0.25) is 9.59 Å². The fraction of sp³-hybridized carbons (Fsp3) is 0.385. The molecule has 96 valence electrons. The highest BCUT2D eigenvalue weighted by Crippen LogP contribution is 2.54. The minimum Gasteiger partial charge on any atom is -0.506 e. The molecule has 1 fully saturated rings. The molecule has 18 heavy (non-hydrogen) atoms. The van der Waals surface area contributed by atoms with Crippen LogP contribution in [-0.4, -0.2) is 22.1 Å². The van der Waals surface area contributed by atoms with E-state index in [1.807, 2.05) is 0 Å². The third-order valence-electron chi connectivity index (χ3n) is 3.26. The number of para-hydroxylation sites is 1. The highest BCUT2D eigenvalue weighted by molar-refractivity contribution is 5.92. The first-order valence-electron chi connectivity index (χ1n) is 5.76.